The summed E-state index contributed by atoms with van der Waals surface area (Å²) in [4.78, 5) is 7.06. The topological polar surface area (TPSA) is 132 Å². The van der Waals surface area contributed by atoms with Crippen molar-refractivity contribution in [3.05, 3.63) is 41.3 Å². The number of aromatic amines is 1. The van der Waals surface area contributed by atoms with Crippen molar-refractivity contribution < 1.29 is 8.42 Å². The van der Waals surface area contributed by atoms with Crippen molar-refractivity contribution in [3.8, 4) is 0 Å². The number of nitrogens with two attached hydrogens (primary N) is 1. The van der Waals surface area contributed by atoms with E-state index in [1.807, 2.05) is 12.4 Å². The third-order valence-corrected chi connectivity index (χ3v) is 6.85. The number of sulfonamides is 1. The van der Waals surface area contributed by atoms with Gasteiger partial charge in [0.25, 0.3) is 0 Å². The first-order chi connectivity index (χ1) is 13.0. The Bertz CT molecular complexity index is 938. The molecule has 0 saturated carbocycles. The Morgan fingerprint density at radius 2 is 2.00 bits per heavy atom. The fourth-order valence-corrected chi connectivity index (χ4v) is 4.70. The van der Waals surface area contributed by atoms with Gasteiger partial charge in [0.05, 0.1) is 17.9 Å². The Kier molecular flexibility index (Phi) is 8.42. The van der Waals surface area contributed by atoms with E-state index in [1.54, 1.807) is 22.2 Å². The molecule has 3 aromatic heterocycles. The molecule has 4 N–H and O–H groups in total. The summed E-state index contributed by atoms with van der Waals surface area (Å²) in [6, 6.07) is 3.30. The molecule has 28 heavy (non-hydrogen) atoms. The van der Waals surface area contributed by atoms with Gasteiger partial charge in [0.15, 0.2) is 5.95 Å². The second-order valence-electron chi connectivity index (χ2n) is 6.14. The molecule has 0 atom stereocenters. The number of aryl methyl sites for hydroxylation is 2. The summed E-state index contributed by atoms with van der Waals surface area (Å²) < 4.78 is 28.6. The lowest BCUT2D eigenvalue weighted by Gasteiger charge is -2.04. The maximum Gasteiger partial charge on any atom is 0.250 e. The van der Waals surface area contributed by atoms with Crippen LogP contribution in [0.15, 0.2) is 34.1 Å². The van der Waals surface area contributed by atoms with E-state index in [0.717, 1.165) is 43.5 Å². The third-order valence-electron chi connectivity index (χ3n) is 4.00. The maximum atomic E-state index is 12.0. The fourth-order valence-electron chi connectivity index (χ4n) is 2.64. The van der Waals surface area contributed by atoms with Crippen LogP contribution in [-0.2, 0) is 29.4 Å². The molecule has 3 heterocycles. The number of hydrogen-bond acceptors (Lipinski definition) is 7. The van der Waals surface area contributed by atoms with Crippen LogP contribution in [-0.4, -0.2) is 39.9 Å². The van der Waals surface area contributed by atoms with Gasteiger partial charge in [-0.1, -0.05) is 17.7 Å². The predicted octanol–water partition coefficient (Wildman–Crippen LogP) is 2.00. The Morgan fingerprint density at radius 1 is 1.21 bits per heavy atom. The number of unbranched alkanes of at least 4 members (excludes halogenated alkanes) is 2. The van der Waals surface area contributed by atoms with E-state index in [2.05, 4.69) is 25.0 Å². The summed E-state index contributed by atoms with van der Waals surface area (Å²) in [6.07, 6.45) is 8.60. The molecule has 0 saturated heterocycles. The molecule has 0 radical (unpaired) electrons. The first kappa shape index (κ1) is 22.3. The number of H-pyrrole nitrogens is 1. The van der Waals surface area contributed by atoms with Gasteiger partial charge in [0.2, 0.25) is 10.0 Å². The van der Waals surface area contributed by atoms with Crippen LogP contribution in [0, 0.1) is 0 Å². The quantitative estimate of drug-likeness (QED) is 0.387. The number of halogens is 1. The van der Waals surface area contributed by atoms with Crippen LogP contribution < -0.4 is 10.5 Å². The highest BCUT2D eigenvalue weighted by Crippen LogP contribution is 2.15. The van der Waals surface area contributed by atoms with Crippen molar-refractivity contribution in [2.45, 2.75) is 42.9 Å². The first-order valence-electron chi connectivity index (χ1n) is 8.75. The Balaban J connectivity index is 0.00000280. The number of nitrogens with one attached hydrogen (secondary N) is 2. The Hall–Kier alpha value is -1.95. The molecule has 154 valence electrons. The highest BCUT2D eigenvalue weighted by molar-refractivity contribution is 7.91. The standard InChI is InChI=1S/C16H23N7O2S2.ClH/c17-16-18-11-13(20-16)5-2-1-3-6-14-12-23(22-21-14)9-8-19-27(24,25)15-7-4-10-26-15;/h4,7,10-12,19H,1-3,5-6,8-9H2,(H3,17,18,20);1H. The van der Waals surface area contributed by atoms with E-state index in [4.69, 9.17) is 5.73 Å². The smallest absolute Gasteiger partial charge is 0.250 e. The van der Waals surface area contributed by atoms with E-state index in [1.165, 1.54) is 11.3 Å². The monoisotopic (exact) mass is 445 g/mol. The van der Waals surface area contributed by atoms with Crippen molar-refractivity contribution >= 4 is 39.7 Å². The average molecular weight is 446 g/mol. The van der Waals surface area contributed by atoms with Crippen molar-refractivity contribution in [1.29, 1.82) is 0 Å². The van der Waals surface area contributed by atoms with Gasteiger partial charge < -0.3 is 10.7 Å². The molecule has 0 aliphatic rings. The van der Waals surface area contributed by atoms with Crippen molar-refractivity contribution in [3.63, 3.8) is 0 Å². The van der Waals surface area contributed by atoms with Crippen molar-refractivity contribution in [2.75, 3.05) is 12.3 Å². The van der Waals surface area contributed by atoms with Gasteiger partial charge in [-0.25, -0.2) is 18.1 Å². The van der Waals surface area contributed by atoms with E-state index in [9.17, 15) is 8.42 Å². The second kappa shape index (κ2) is 10.6. The van der Waals surface area contributed by atoms with E-state index < -0.39 is 10.0 Å². The number of nitrogen functional groups attached to an aromatic ring is 1. The number of imidazole rings is 1. The minimum Gasteiger partial charge on any atom is -0.369 e. The molecule has 0 spiro atoms. The van der Waals surface area contributed by atoms with E-state index >= 15 is 0 Å². The molecule has 0 fully saturated rings. The normalized spacial score (nSPS) is 11.4. The van der Waals surface area contributed by atoms with Crippen LogP contribution in [0.4, 0.5) is 5.95 Å². The summed E-state index contributed by atoms with van der Waals surface area (Å²) >= 11 is 1.20. The van der Waals surface area contributed by atoms with E-state index in [0.29, 0.717) is 16.7 Å². The van der Waals surface area contributed by atoms with Gasteiger partial charge in [0.1, 0.15) is 4.21 Å². The molecule has 3 rings (SSSR count). The lowest BCUT2D eigenvalue weighted by molar-refractivity contribution is 0.554. The predicted molar refractivity (Wildman–Crippen MR) is 111 cm³/mol. The zero-order valence-corrected chi connectivity index (χ0v) is 17.7. The van der Waals surface area contributed by atoms with Gasteiger partial charge in [-0.3, -0.25) is 4.68 Å². The molecular formula is C16H24ClN7O2S2. The van der Waals surface area contributed by atoms with E-state index in [-0.39, 0.29) is 19.0 Å². The zero-order chi connectivity index (χ0) is 19.1. The summed E-state index contributed by atoms with van der Waals surface area (Å²) in [7, 11) is -3.43. The van der Waals surface area contributed by atoms with Crippen LogP contribution in [0.25, 0.3) is 0 Å². The van der Waals surface area contributed by atoms with Crippen molar-refractivity contribution in [1.82, 2.24) is 29.7 Å². The Morgan fingerprint density at radius 3 is 2.68 bits per heavy atom. The van der Waals surface area contributed by atoms with Crippen LogP contribution >= 0.6 is 23.7 Å². The Labute approximate surface area is 174 Å². The van der Waals surface area contributed by atoms with Crippen molar-refractivity contribution in [2.24, 2.45) is 0 Å². The van der Waals surface area contributed by atoms with Crippen LogP contribution in [0.5, 0.6) is 0 Å². The van der Waals surface area contributed by atoms with Crippen LogP contribution in [0.2, 0.25) is 0 Å². The number of anilines is 1. The largest absolute Gasteiger partial charge is 0.369 e. The fraction of sp³-hybridized carbons (Fsp3) is 0.438. The molecule has 0 bridgehead atoms. The molecule has 0 aliphatic carbocycles. The molecule has 12 heteroatoms. The number of aromatic nitrogens is 5. The molecular weight excluding hydrogens is 422 g/mol. The zero-order valence-electron chi connectivity index (χ0n) is 15.2. The highest BCUT2D eigenvalue weighted by atomic mass is 35.5. The first-order valence-corrected chi connectivity index (χ1v) is 11.1. The summed E-state index contributed by atoms with van der Waals surface area (Å²) in [5.74, 6) is 0.458. The van der Waals surface area contributed by atoms with Crippen LogP contribution in [0.3, 0.4) is 0 Å². The second-order valence-corrected chi connectivity index (χ2v) is 9.08. The molecule has 9 nitrogen and oxygen atoms in total. The summed E-state index contributed by atoms with van der Waals surface area (Å²) in [6.45, 7) is 0.716. The van der Waals surface area contributed by atoms with Gasteiger partial charge in [-0.2, -0.15) is 0 Å². The molecule has 0 aliphatic heterocycles. The number of rotatable bonds is 11. The third kappa shape index (κ3) is 6.59. The summed E-state index contributed by atoms with van der Waals surface area (Å²) in [5.41, 5.74) is 7.45. The minimum absolute atomic E-state index is 0. The SMILES string of the molecule is Cl.Nc1nc(CCCCCc2cn(CCNS(=O)(=O)c3cccs3)nn2)c[nH]1. The molecule has 0 unspecified atom stereocenters. The molecule has 0 aromatic carbocycles. The lowest BCUT2D eigenvalue weighted by Crippen LogP contribution is -2.27. The number of nitrogens with zero attached hydrogens (tertiary/aromatic N) is 4. The maximum absolute atomic E-state index is 12.0. The number of hydrogen-bond donors (Lipinski definition) is 3. The average Bonchev–Trinajstić information content (AvgIpc) is 3.37. The minimum atomic E-state index is -3.43. The summed E-state index contributed by atoms with van der Waals surface area (Å²) in [5, 5.41) is 9.94. The van der Waals surface area contributed by atoms with Gasteiger partial charge in [0, 0.05) is 18.9 Å². The van der Waals surface area contributed by atoms with Gasteiger partial charge >= 0.3 is 0 Å². The molecule has 0 amide bonds. The lowest BCUT2D eigenvalue weighted by atomic mass is 10.1. The van der Waals surface area contributed by atoms with Crippen LogP contribution in [0.1, 0.15) is 30.7 Å². The highest BCUT2D eigenvalue weighted by Gasteiger charge is 2.14. The molecule has 3 aromatic rings. The van der Waals surface area contributed by atoms with Gasteiger partial charge in [-0.05, 0) is 37.1 Å². The van der Waals surface area contributed by atoms with Gasteiger partial charge in [-0.15, -0.1) is 28.8 Å². The number of thiophene rings is 1.